The first kappa shape index (κ1) is 12.7. The molecular weight excluding hydrogens is 232 g/mol. The van der Waals surface area contributed by atoms with Gasteiger partial charge in [0.05, 0.1) is 12.0 Å². The van der Waals surface area contributed by atoms with Crippen molar-refractivity contribution in [3.8, 4) is 5.75 Å². The Kier molecular flexibility index (Phi) is 4.02. The minimum atomic E-state index is -0.434. The van der Waals surface area contributed by atoms with Gasteiger partial charge in [0, 0.05) is 24.4 Å². The number of rotatable bonds is 6. The SMILES string of the molecule is COc1cc(NCCC2CCC2)ccc1[N+](=O)[O-]. The lowest BCUT2D eigenvalue weighted by molar-refractivity contribution is -0.385. The Labute approximate surface area is 106 Å². The summed E-state index contributed by atoms with van der Waals surface area (Å²) in [6.07, 6.45) is 5.20. The zero-order valence-corrected chi connectivity index (χ0v) is 10.5. The van der Waals surface area contributed by atoms with Crippen molar-refractivity contribution in [2.24, 2.45) is 5.92 Å². The van der Waals surface area contributed by atoms with Crippen LogP contribution in [0.4, 0.5) is 11.4 Å². The lowest BCUT2D eigenvalue weighted by Crippen LogP contribution is -2.15. The van der Waals surface area contributed by atoms with Crippen molar-refractivity contribution >= 4 is 11.4 Å². The van der Waals surface area contributed by atoms with Crippen molar-refractivity contribution in [1.82, 2.24) is 0 Å². The summed E-state index contributed by atoms with van der Waals surface area (Å²) in [5.74, 6) is 1.16. The van der Waals surface area contributed by atoms with E-state index in [1.807, 2.05) is 0 Å². The normalized spacial score (nSPS) is 14.9. The van der Waals surface area contributed by atoms with E-state index in [0.717, 1.165) is 18.2 Å². The van der Waals surface area contributed by atoms with Crippen molar-refractivity contribution in [2.45, 2.75) is 25.7 Å². The number of hydrogen-bond donors (Lipinski definition) is 1. The van der Waals surface area contributed by atoms with Gasteiger partial charge in [-0.15, -0.1) is 0 Å². The molecule has 98 valence electrons. The molecule has 0 radical (unpaired) electrons. The van der Waals surface area contributed by atoms with Crippen LogP contribution in [-0.4, -0.2) is 18.6 Å². The van der Waals surface area contributed by atoms with Gasteiger partial charge in [0.25, 0.3) is 0 Å². The topological polar surface area (TPSA) is 64.4 Å². The zero-order chi connectivity index (χ0) is 13.0. The molecule has 0 aliphatic heterocycles. The standard InChI is InChI=1S/C13H18N2O3/c1-18-13-9-11(5-6-12(13)15(16)17)14-8-7-10-3-2-4-10/h5-6,9-10,14H,2-4,7-8H2,1H3. The molecule has 0 atom stereocenters. The van der Waals surface area contributed by atoms with Gasteiger partial charge >= 0.3 is 5.69 Å². The highest BCUT2D eigenvalue weighted by Crippen LogP contribution is 2.31. The van der Waals surface area contributed by atoms with Crippen molar-refractivity contribution in [3.05, 3.63) is 28.3 Å². The van der Waals surface area contributed by atoms with Gasteiger partial charge in [-0.2, -0.15) is 0 Å². The summed E-state index contributed by atoms with van der Waals surface area (Å²) in [6.45, 7) is 0.908. The monoisotopic (exact) mass is 250 g/mol. The Morgan fingerprint density at radius 2 is 2.28 bits per heavy atom. The number of nitrogens with one attached hydrogen (secondary N) is 1. The molecule has 1 aliphatic carbocycles. The average Bonchev–Trinajstić information content (AvgIpc) is 2.31. The Hall–Kier alpha value is -1.78. The Balaban J connectivity index is 1.93. The van der Waals surface area contributed by atoms with Gasteiger partial charge in [0.1, 0.15) is 0 Å². The Bertz CT molecular complexity index is 430. The van der Waals surface area contributed by atoms with E-state index in [9.17, 15) is 10.1 Å². The molecule has 0 bridgehead atoms. The third kappa shape index (κ3) is 2.91. The number of nitro groups is 1. The second-order valence-corrected chi connectivity index (χ2v) is 4.66. The van der Waals surface area contributed by atoms with E-state index in [1.165, 1.54) is 38.9 Å². The van der Waals surface area contributed by atoms with E-state index in [2.05, 4.69) is 5.32 Å². The fraction of sp³-hybridized carbons (Fsp3) is 0.538. The first-order valence-corrected chi connectivity index (χ1v) is 6.27. The van der Waals surface area contributed by atoms with Gasteiger partial charge in [-0.25, -0.2) is 0 Å². The summed E-state index contributed by atoms with van der Waals surface area (Å²) in [4.78, 5) is 10.3. The number of benzene rings is 1. The van der Waals surface area contributed by atoms with E-state index < -0.39 is 4.92 Å². The van der Waals surface area contributed by atoms with Crippen LogP contribution in [0, 0.1) is 16.0 Å². The van der Waals surface area contributed by atoms with Crippen molar-refractivity contribution in [2.75, 3.05) is 19.0 Å². The van der Waals surface area contributed by atoms with Gasteiger partial charge in [-0.3, -0.25) is 10.1 Å². The number of nitro benzene ring substituents is 1. The van der Waals surface area contributed by atoms with Gasteiger partial charge in [0.2, 0.25) is 0 Å². The molecule has 0 saturated heterocycles. The summed E-state index contributed by atoms with van der Waals surface area (Å²) in [6, 6.07) is 4.88. The molecule has 18 heavy (non-hydrogen) atoms. The second kappa shape index (κ2) is 5.71. The maximum Gasteiger partial charge on any atom is 0.311 e. The lowest BCUT2D eigenvalue weighted by atomic mass is 9.83. The number of nitrogens with zero attached hydrogens (tertiary/aromatic N) is 1. The highest BCUT2D eigenvalue weighted by atomic mass is 16.6. The molecule has 0 spiro atoms. The summed E-state index contributed by atoms with van der Waals surface area (Å²) in [5, 5.41) is 14.0. The smallest absolute Gasteiger partial charge is 0.311 e. The first-order valence-electron chi connectivity index (χ1n) is 6.27. The van der Waals surface area contributed by atoms with Crippen LogP contribution >= 0.6 is 0 Å². The summed E-state index contributed by atoms with van der Waals surface area (Å²) in [5.41, 5.74) is 0.874. The predicted molar refractivity (Wildman–Crippen MR) is 70.1 cm³/mol. The fourth-order valence-electron chi connectivity index (χ4n) is 2.14. The van der Waals surface area contributed by atoms with Crippen LogP contribution in [0.25, 0.3) is 0 Å². The summed E-state index contributed by atoms with van der Waals surface area (Å²) < 4.78 is 5.03. The van der Waals surface area contributed by atoms with Crippen molar-refractivity contribution in [1.29, 1.82) is 0 Å². The lowest BCUT2D eigenvalue weighted by Gasteiger charge is -2.25. The van der Waals surface area contributed by atoms with Crippen LogP contribution in [0.2, 0.25) is 0 Å². The molecule has 1 N–H and O–H groups in total. The van der Waals surface area contributed by atoms with Gasteiger partial charge in [-0.05, 0) is 18.4 Å². The molecule has 0 amide bonds. The molecule has 1 aromatic rings. The molecule has 5 nitrogen and oxygen atoms in total. The number of methoxy groups -OCH3 is 1. The summed E-state index contributed by atoms with van der Waals surface area (Å²) in [7, 11) is 1.44. The third-order valence-corrected chi connectivity index (χ3v) is 3.48. The maximum absolute atomic E-state index is 10.7. The molecule has 0 heterocycles. The van der Waals surface area contributed by atoms with Crippen molar-refractivity contribution < 1.29 is 9.66 Å². The third-order valence-electron chi connectivity index (χ3n) is 3.48. The number of anilines is 1. The number of ether oxygens (including phenoxy) is 1. The highest BCUT2D eigenvalue weighted by Gasteiger charge is 2.17. The quantitative estimate of drug-likeness (QED) is 0.622. The first-order chi connectivity index (χ1) is 8.70. The van der Waals surface area contributed by atoms with Gasteiger partial charge < -0.3 is 10.1 Å². The molecule has 2 rings (SSSR count). The summed E-state index contributed by atoms with van der Waals surface area (Å²) >= 11 is 0. The van der Waals surface area contributed by atoms with E-state index >= 15 is 0 Å². The van der Waals surface area contributed by atoms with Crippen LogP contribution in [0.15, 0.2) is 18.2 Å². The fourth-order valence-corrected chi connectivity index (χ4v) is 2.14. The highest BCUT2D eigenvalue weighted by molar-refractivity contribution is 5.57. The van der Waals surface area contributed by atoms with Gasteiger partial charge in [-0.1, -0.05) is 19.3 Å². The van der Waals surface area contributed by atoms with Crippen molar-refractivity contribution in [3.63, 3.8) is 0 Å². The minimum Gasteiger partial charge on any atom is -0.490 e. The van der Waals surface area contributed by atoms with Crippen LogP contribution < -0.4 is 10.1 Å². The predicted octanol–water partition coefficient (Wildman–Crippen LogP) is 3.21. The molecule has 0 aromatic heterocycles. The molecule has 0 unspecified atom stereocenters. The van der Waals surface area contributed by atoms with Crippen LogP contribution in [0.3, 0.4) is 0 Å². The molecule has 1 saturated carbocycles. The maximum atomic E-state index is 10.7. The zero-order valence-electron chi connectivity index (χ0n) is 10.5. The van der Waals surface area contributed by atoms with E-state index in [0.29, 0.717) is 5.75 Å². The Morgan fingerprint density at radius 1 is 1.50 bits per heavy atom. The molecular formula is C13H18N2O3. The van der Waals surface area contributed by atoms with E-state index in [-0.39, 0.29) is 5.69 Å². The van der Waals surface area contributed by atoms with Crippen LogP contribution in [0.1, 0.15) is 25.7 Å². The van der Waals surface area contributed by atoms with E-state index in [1.54, 1.807) is 12.1 Å². The van der Waals surface area contributed by atoms with Gasteiger partial charge in [0.15, 0.2) is 5.75 Å². The minimum absolute atomic E-state index is 0.00189. The molecule has 1 aliphatic rings. The largest absolute Gasteiger partial charge is 0.490 e. The number of hydrogen-bond acceptors (Lipinski definition) is 4. The average molecular weight is 250 g/mol. The molecule has 1 aromatic carbocycles. The molecule has 5 heteroatoms. The second-order valence-electron chi connectivity index (χ2n) is 4.66. The van der Waals surface area contributed by atoms with E-state index in [4.69, 9.17) is 4.74 Å². The Morgan fingerprint density at radius 3 is 2.83 bits per heavy atom. The molecule has 1 fully saturated rings. The van der Waals surface area contributed by atoms with Crippen LogP contribution in [0.5, 0.6) is 5.75 Å². The van der Waals surface area contributed by atoms with Crippen LogP contribution in [-0.2, 0) is 0 Å².